The number of hydrogen-bond donors (Lipinski definition) is 1. The number of methoxy groups -OCH3 is 1. The lowest BCUT2D eigenvalue weighted by Crippen LogP contribution is -2.48. The quantitative estimate of drug-likeness (QED) is 0.757. The van der Waals surface area contributed by atoms with Gasteiger partial charge in [0.05, 0.1) is 29.2 Å². The summed E-state index contributed by atoms with van der Waals surface area (Å²) < 4.78 is 36.0. The first-order chi connectivity index (χ1) is 13.0. The van der Waals surface area contributed by atoms with Crippen molar-refractivity contribution in [2.24, 2.45) is 0 Å². The third kappa shape index (κ3) is 6.76. The predicted octanol–water partition coefficient (Wildman–Crippen LogP) is 3.08. The van der Waals surface area contributed by atoms with Gasteiger partial charge >= 0.3 is 6.09 Å². The van der Waals surface area contributed by atoms with Crippen molar-refractivity contribution in [1.29, 1.82) is 0 Å². The van der Waals surface area contributed by atoms with Crippen molar-refractivity contribution in [1.82, 2.24) is 10.3 Å². The van der Waals surface area contributed by atoms with Gasteiger partial charge in [-0.05, 0) is 45.4 Å². The predicted molar refractivity (Wildman–Crippen MR) is 109 cm³/mol. The van der Waals surface area contributed by atoms with Gasteiger partial charge in [-0.15, -0.1) is 0 Å². The van der Waals surface area contributed by atoms with Crippen LogP contribution in [-0.4, -0.2) is 50.1 Å². The van der Waals surface area contributed by atoms with E-state index in [4.69, 9.17) is 9.47 Å². The second-order valence-corrected chi connectivity index (χ2v) is 9.89. The summed E-state index contributed by atoms with van der Waals surface area (Å²) in [6.45, 7) is 6.93. The zero-order valence-corrected chi connectivity index (χ0v) is 17.7. The second-order valence-electron chi connectivity index (χ2n) is 7.78. The van der Waals surface area contributed by atoms with E-state index in [2.05, 4.69) is 10.3 Å². The van der Waals surface area contributed by atoms with E-state index in [-0.39, 0.29) is 11.5 Å². The summed E-state index contributed by atoms with van der Waals surface area (Å²) >= 11 is 0. The Balaban J connectivity index is 2.13. The molecule has 1 aromatic heterocycles. The molecule has 0 saturated heterocycles. The number of aromatic nitrogens is 1. The molecule has 154 valence electrons. The van der Waals surface area contributed by atoms with Crippen molar-refractivity contribution >= 4 is 26.8 Å². The van der Waals surface area contributed by atoms with Gasteiger partial charge in [0, 0.05) is 18.7 Å². The first kappa shape index (κ1) is 22.1. The number of benzene rings is 1. The number of amides is 1. The summed E-state index contributed by atoms with van der Waals surface area (Å²) in [5.74, 6) is -0.443. The third-order valence-electron chi connectivity index (χ3n) is 4.11. The largest absolute Gasteiger partial charge is 0.444 e. The van der Waals surface area contributed by atoms with Crippen LogP contribution in [0.1, 0.15) is 33.3 Å². The topological polar surface area (TPSA) is 94.6 Å². The first-order valence-electron chi connectivity index (χ1n) is 9.05. The molecule has 1 heterocycles. The van der Waals surface area contributed by atoms with Crippen LogP contribution in [0.4, 0.5) is 4.79 Å². The van der Waals surface area contributed by atoms with E-state index in [1.165, 1.54) is 7.11 Å². The smallest absolute Gasteiger partial charge is 0.407 e. The average molecular weight is 409 g/mol. The van der Waals surface area contributed by atoms with Gasteiger partial charge < -0.3 is 14.8 Å². The number of hydrogen-bond acceptors (Lipinski definition) is 6. The highest BCUT2D eigenvalue weighted by molar-refractivity contribution is 7.90. The molecule has 2 atom stereocenters. The highest BCUT2D eigenvalue weighted by Crippen LogP contribution is 2.16. The van der Waals surface area contributed by atoms with Crippen LogP contribution in [0.25, 0.3) is 10.9 Å². The molecule has 8 heteroatoms. The Morgan fingerprint density at radius 2 is 1.93 bits per heavy atom. The van der Waals surface area contributed by atoms with Crippen LogP contribution in [0.15, 0.2) is 36.5 Å². The van der Waals surface area contributed by atoms with Crippen LogP contribution in [0.2, 0.25) is 0 Å². The number of pyridine rings is 1. The minimum Gasteiger partial charge on any atom is -0.444 e. The molecule has 7 nitrogen and oxygen atoms in total. The van der Waals surface area contributed by atoms with Crippen LogP contribution in [0.3, 0.4) is 0 Å². The summed E-state index contributed by atoms with van der Waals surface area (Å²) in [4.78, 5) is 16.4. The monoisotopic (exact) mass is 408 g/mol. The molecule has 2 aromatic rings. The Morgan fingerprint density at radius 1 is 1.25 bits per heavy atom. The van der Waals surface area contributed by atoms with Gasteiger partial charge in [0.1, 0.15) is 5.60 Å². The van der Waals surface area contributed by atoms with Gasteiger partial charge in [-0.3, -0.25) is 4.98 Å². The van der Waals surface area contributed by atoms with Crippen LogP contribution in [-0.2, 0) is 25.1 Å². The number of nitrogens with one attached hydrogen (secondary N) is 1. The fourth-order valence-corrected chi connectivity index (χ4v) is 4.38. The Hall–Kier alpha value is -2.19. The van der Waals surface area contributed by atoms with Crippen molar-refractivity contribution in [3.05, 3.63) is 42.1 Å². The Bertz CT molecular complexity index is 922. The standard InChI is InChI=1S/C20H28N2O5S/c1-14(26-5)18(22-19(23)27-20(2,3)4)13-28(24,25)12-15-10-16-8-6-7-9-17(16)21-11-15/h6-11,14,18H,12-13H2,1-5H3,(H,22,23)/t14-,18-/m1/s1. The number of rotatable bonds is 7. The average Bonchev–Trinajstić information content (AvgIpc) is 2.58. The number of fused-ring (bicyclic) bond motifs is 1. The van der Waals surface area contributed by atoms with Crippen LogP contribution < -0.4 is 5.32 Å². The van der Waals surface area contributed by atoms with E-state index in [9.17, 15) is 13.2 Å². The molecule has 0 radical (unpaired) electrons. The molecule has 0 fully saturated rings. The van der Waals surface area contributed by atoms with Crippen molar-refractivity contribution < 1.29 is 22.7 Å². The number of alkyl carbamates (subject to hydrolysis) is 1. The van der Waals surface area contributed by atoms with Crippen molar-refractivity contribution in [2.45, 2.75) is 51.2 Å². The van der Waals surface area contributed by atoms with Crippen molar-refractivity contribution in [3.8, 4) is 0 Å². The molecule has 0 bridgehead atoms. The molecule has 0 aliphatic heterocycles. The summed E-state index contributed by atoms with van der Waals surface area (Å²) in [6, 6.07) is 8.59. The van der Waals surface area contributed by atoms with E-state index in [0.717, 1.165) is 10.9 Å². The second kappa shape index (κ2) is 8.87. The number of sulfone groups is 1. The zero-order valence-electron chi connectivity index (χ0n) is 16.9. The zero-order chi connectivity index (χ0) is 20.9. The highest BCUT2D eigenvalue weighted by Gasteiger charge is 2.28. The number of nitrogens with zero attached hydrogens (tertiary/aromatic N) is 1. The molecular formula is C20H28N2O5S. The minimum atomic E-state index is -3.54. The number of para-hydroxylation sites is 1. The van der Waals surface area contributed by atoms with E-state index in [1.54, 1.807) is 33.9 Å². The maximum absolute atomic E-state index is 12.8. The summed E-state index contributed by atoms with van der Waals surface area (Å²) in [6.07, 6.45) is 0.386. The molecule has 1 amide bonds. The lowest BCUT2D eigenvalue weighted by atomic mass is 10.2. The molecule has 1 aromatic carbocycles. The molecule has 0 unspecified atom stereocenters. The number of ether oxygens (including phenoxy) is 2. The Kier molecular flexibility index (Phi) is 7.01. The molecule has 2 rings (SSSR count). The molecule has 0 saturated carbocycles. The van der Waals surface area contributed by atoms with Crippen LogP contribution in [0.5, 0.6) is 0 Å². The van der Waals surface area contributed by atoms with Gasteiger partial charge in [-0.2, -0.15) is 0 Å². The molecule has 0 aliphatic carbocycles. The number of carbonyl (C=O) groups is 1. The fourth-order valence-electron chi connectivity index (χ4n) is 2.70. The molecule has 1 N–H and O–H groups in total. The number of carbonyl (C=O) groups excluding carboxylic acids is 1. The molecular weight excluding hydrogens is 380 g/mol. The molecule has 28 heavy (non-hydrogen) atoms. The van der Waals surface area contributed by atoms with E-state index in [1.807, 2.05) is 30.3 Å². The van der Waals surface area contributed by atoms with Gasteiger partial charge in [-0.25, -0.2) is 13.2 Å². The normalized spacial score (nSPS) is 14.5. The van der Waals surface area contributed by atoms with Crippen LogP contribution >= 0.6 is 0 Å². The van der Waals surface area contributed by atoms with E-state index >= 15 is 0 Å². The summed E-state index contributed by atoms with van der Waals surface area (Å²) in [7, 11) is -2.07. The third-order valence-corrected chi connectivity index (χ3v) is 5.75. The lowest BCUT2D eigenvalue weighted by molar-refractivity contribution is 0.0397. The van der Waals surface area contributed by atoms with Crippen molar-refractivity contribution in [3.63, 3.8) is 0 Å². The van der Waals surface area contributed by atoms with Gasteiger partial charge in [-0.1, -0.05) is 18.2 Å². The summed E-state index contributed by atoms with van der Waals surface area (Å²) in [5.41, 5.74) is 0.724. The first-order valence-corrected chi connectivity index (χ1v) is 10.9. The van der Waals surface area contributed by atoms with Gasteiger partial charge in [0.25, 0.3) is 0 Å². The van der Waals surface area contributed by atoms with Gasteiger partial charge in [0.15, 0.2) is 9.84 Å². The molecule has 0 spiro atoms. The highest BCUT2D eigenvalue weighted by atomic mass is 32.2. The van der Waals surface area contributed by atoms with Crippen molar-refractivity contribution in [2.75, 3.05) is 12.9 Å². The Morgan fingerprint density at radius 3 is 2.57 bits per heavy atom. The minimum absolute atomic E-state index is 0.173. The Labute approximate surface area is 166 Å². The van der Waals surface area contributed by atoms with E-state index in [0.29, 0.717) is 5.56 Å². The summed E-state index contributed by atoms with van der Waals surface area (Å²) in [5, 5.41) is 3.49. The van der Waals surface area contributed by atoms with E-state index < -0.39 is 33.7 Å². The molecule has 0 aliphatic rings. The maximum atomic E-state index is 12.8. The SMILES string of the molecule is CO[C@H](C)[C@@H](CS(=O)(=O)Cc1cnc2ccccc2c1)NC(=O)OC(C)(C)C. The fraction of sp³-hybridized carbons (Fsp3) is 0.500. The lowest BCUT2D eigenvalue weighted by Gasteiger charge is -2.26. The van der Waals surface area contributed by atoms with Crippen LogP contribution in [0, 0.1) is 0 Å². The maximum Gasteiger partial charge on any atom is 0.407 e. The van der Waals surface area contributed by atoms with Gasteiger partial charge in [0.2, 0.25) is 0 Å².